The van der Waals surface area contributed by atoms with E-state index in [2.05, 4.69) is 5.43 Å². The maximum absolute atomic E-state index is 13.4. The van der Waals surface area contributed by atoms with Crippen molar-refractivity contribution in [2.75, 3.05) is 0 Å². The van der Waals surface area contributed by atoms with E-state index in [1.807, 2.05) is 32.0 Å². The summed E-state index contributed by atoms with van der Waals surface area (Å²) in [5.74, 6) is 5.44. The number of hydrazine groups is 1. The Balaban J connectivity index is 2.31. The molecule has 2 rings (SSSR count). The average Bonchev–Trinajstić information content (AvgIpc) is 2.40. The van der Waals surface area contributed by atoms with Crippen LogP contribution in [0.4, 0.5) is 4.39 Å². The van der Waals surface area contributed by atoms with Crippen LogP contribution in [0.2, 0.25) is 5.02 Å². The van der Waals surface area contributed by atoms with Crippen molar-refractivity contribution < 1.29 is 4.39 Å². The Hall–Kier alpha value is -1.42. The molecule has 0 saturated carbocycles. The second-order valence-corrected chi connectivity index (χ2v) is 5.43. The summed E-state index contributed by atoms with van der Waals surface area (Å²) in [6, 6.07) is 10.4. The maximum Gasteiger partial charge on any atom is 0.123 e. The first-order chi connectivity index (χ1) is 9.51. The van der Waals surface area contributed by atoms with E-state index in [0.717, 1.165) is 22.3 Å². The number of rotatable bonds is 4. The van der Waals surface area contributed by atoms with Gasteiger partial charge in [-0.1, -0.05) is 23.7 Å². The van der Waals surface area contributed by atoms with Gasteiger partial charge in [0.05, 0.1) is 6.04 Å². The second kappa shape index (κ2) is 6.35. The molecule has 0 radical (unpaired) electrons. The highest BCUT2D eigenvalue weighted by Gasteiger charge is 2.14. The van der Waals surface area contributed by atoms with Gasteiger partial charge >= 0.3 is 0 Å². The molecule has 4 heteroatoms. The summed E-state index contributed by atoms with van der Waals surface area (Å²) in [5, 5.41) is 0.698. The number of nitrogens with one attached hydrogen (secondary N) is 1. The molecule has 106 valence electrons. The number of halogens is 2. The molecule has 0 spiro atoms. The molecule has 0 amide bonds. The van der Waals surface area contributed by atoms with Crippen LogP contribution in [0.3, 0.4) is 0 Å². The molecular formula is C16H18ClFN2. The number of aryl methyl sites for hydroxylation is 2. The highest BCUT2D eigenvalue weighted by molar-refractivity contribution is 6.30. The van der Waals surface area contributed by atoms with Crippen molar-refractivity contribution in [1.82, 2.24) is 5.43 Å². The van der Waals surface area contributed by atoms with Crippen LogP contribution in [0, 0.1) is 19.7 Å². The molecule has 1 unspecified atom stereocenters. The van der Waals surface area contributed by atoms with Gasteiger partial charge in [0.1, 0.15) is 5.82 Å². The second-order valence-electron chi connectivity index (χ2n) is 5.00. The molecular weight excluding hydrogens is 275 g/mol. The van der Waals surface area contributed by atoms with E-state index in [-0.39, 0.29) is 11.9 Å². The first-order valence-corrected chi connectivity index (χ1v) is 6.86. The molecule has 3 N–H and O–H groups in total. The first kappa shape index (κ1) is 15.0. The zero-order valence-electron chi connectivity index (χ0n) is 11.6. The standard InChI is InChI=1S/C16H18ClFN2/c1-10-3-5-14(18)8-12(10)9-16(20-19)15-6-4-13(17)7-11(15)2/h3-8,16,20H,9,19H2,1-2H3. The van der Waals surface area contributed by atoms with Crippen molar-refractivity contribution in [3.63, 3.8) is 0 Å². The monoisotopic (exact) mass is 292 g/mol. The SMILES string of the molecule is Cc1ccc(F)cc1CC(NN)c1ccc(Cl)cc1C. The van der Waals surface area contributed by atoms with Gasteiger partial charge in [0.15, 0.2) is 0 Å². The minimum Gasteiger partial charge on any atom is -0.271 e. The van der Waals surface area contributed by atoms with Crippen molar-refractivity contribution in [2.45, 2.75) is 26.3 Å². The summed E-state index contributed by atoms with van der Waals surface area (Å²) in [5.41, 5.74) is 6.94. The molecule has 0 bridgehead atoms. The first-order valence-electron chi connectivity index (χ1n) is 6.48. The van der Waals surface area contributed by atoms with Crippen LogP contribution in [0.15, 0.2) is 36.4 Å². The van der Waals surface area contributed by atoms with E-state index >= 15 is 0 Å². The van der Waals surface area contributed by atoms with E-state index in [9.17, 15) is 4.39 Å². The summed E-state index contributed by atoms with van der Waals surface area (Å²) < 4.78 is 13.4. The van der Waals surface area contributed by atoms with Gasteiger partial charge in [-0.25, -0.2) is 4.39 Å². The topological polar surface area (TPSA) is 38.0 Å². The van der Waals surface area contributed by atoms with Crippen molar-refractivity contribution >= 4 is 11.6 Å². The van der Waals surface area contributed by atoms with Crippen LogP contribution >= 0.6 is 11.6 Å². The Morgan fingerprint density at radius 3 is 2.55 bits per heavy atom. The van der Waals surface area contributed by atoms with E-state index in [1.165, 1.54) is 6.07 Å². The summed E-state index contributed by atoms with van der Waals surface area (Å²) in [4.78, 5) is 0. The van der Waals surface area contributed by atoms with Crippen LogP contribution in [0.1, 0.15) is 28.3 Å². The van der Waals surface area contributed by atoms with Crippen LogP contribution in [-0.2, 0) is 6.42 Å². The van der Waals surface area contributed by atoms with Gasteiger partial charge in [0.25, 0.3) is 0 Å². The molecule has 2 nitrogen and oxygen atoms in total. The number of nitrogens with two attached hydrogens (primary N) is 1. The van der Waals surface area contributed by atoms with E-state index < -0.39 is 0 Å². The number of hydrogen-bond donors (Lipinski definition) is 2. The van der Waals surface area contributed by atoms with Gasteiger partial charge in [-0.3, -0.25) is 11.3 Å². The molecule has 0 fully saturated rings. The van der Waals surface area contributed by atoms with Gasteiger partial charge < -0.3 is 0 Å². The fourth-order valence-corrected chi connectivity index (χ4v) is 2.60. The summed E-state index contributed by atoms with van der Waals surface area (Å²) >= 11 is 5.97. The zero-order valence-corrected chi connectivity index (χ0v) is 12.3. The van der Waals surface area contributed by atoms with Gasteiger partial charge in [-0.2, -0.15) is 0 Å². The molecule has 2 aromatic rings. The maximum atomic E-state index is 13.4. The highest BCUT2D eigenvalue weighted by Crippen LogP contribution is 2.25. The van der Waals surface area contributed by atoms with Crippen LogP contribution < -0.4 is 11.3 Å². The molecule has 20 heavy (non-hydrogen) atoms. The Labute approximate surface area is 123 Å². The molecule has 0 heterocycles. The van der Waals surface area contributed by atoms with Crippen molar-refractivity contribution in [2.24, 2.45) is 5.84 Å². The Bertz CT molecular complexity index is 613. The van der Waals surface area contributed by atoms with Gasteiger partial charge in [-0.15, -0.1) is 0 Å². The summed E-state index contributed by atoms with van der Waals surface area (Å²) in [6.07, 6.45) is 0.628. The van der Waals surface area contributed by atoms with Crippen LogP contribution in [-0.4, -0.2) is 0 Å². The minimum absolute atomic E-state index is 0.0761. The number of benzene rings is 2. The third kappa shape index (κ3) is 3.37. The largest absolute Gasteiger partial charge is 0.271 e. The smallest absolute Gasteiger partial charge is 0.123 e. The highest BCUT2D eigenvalue weighted by atomic mass is 35.5. The van der Waals surface area contributed by atoms with Gasteiger partial charge in [0.2, 0.25) is 0 Å². The summed E-state index contributed by atoms with van der Waals surface area (Å²) in [7, 11) is 0. The third-order valence-electron chi connectivity index (χ3n) is 3.54. The van der Waals surface area contributed by atoms with Crippen molar-refractivity contribution in [3.05, 3.63) is 69.5 Å². The Morgan fingerprint density at radius 1 is 1.15 bits per heavy atom. The average molecular weight is 293 g/mol. The molecule has 0 aliphatic rings. The Kier molecular flexibility index (Phi) is 4.76. The summed E-state index contributed by atoms with van der Waals surface area (Å²) in [6.45, 7) is 3.96. The van der Waals surface area contributed by atoms with Crippen LogP contribution in [0.5, 0.6) is 0 Å². The third-order valence-corrected chi connectivity index (χ3v) is 3.78. The lowest BCUT2D eigenvalue weighted by molar-refractivity contribution is 0.545. The lowest BCUT2D eigenvalue weighted by atomic mass is 9.94. The van der Waals surface area contributed by atoms with E-state index in [1.54, 1.807) is 12.1 Å². The fraction of sp³-hybridized carbons (Fsp3) is 0.250. The van der Waals surface area contributed by atoms with E-state index in [4.69, 9.17) is 17.4 Å². The minimum atomic E-state index is -0.228. The van der Waals surface area contributed by atoms with E-state index in [0.29, 0.717) is 11.4 Å². The van der Waals surface area contributed by atoms with Crippen LogP contribution in [0.25, 0.3) is 0 Å². The van der Waals surface area contributed by atoms with Gasteiger partial charge in [0, 0.05) is 5.02 Å². The predicted octanol–water partition coefficient (Wildman–Crippen LogP) is 3.84. The van der Waals surface area contributed by atoms with Gasteiger partial charge in [-0.05, 0) is 66.8 Å². The fourth-order valence-electron chi connectivity index (χ4n) is 2.37. The molecule has 2 aromatic carbocycles. The van der Waals surface area contributed by atoms with Crippen molar-refractivity contribution in [3.8, 4) is 0 Å². The normalized spacial score (nSPS) is 12.4. The zero-order chi connectivity index (χ0) is 14.7. The molecule has 0 aliphatic heterocycles. The Morgan fingerprint density at radius 2 is 1.90 bits per heavy atom. The lowest BCUT2D eigenvalue weighted by Crippen LogP contribution is -2.30. The predicted molar refractivity (Wildman–Crippen MR) is 81.1 cm³/mol. The van der Waals surface area contributed by atoms with Crippen molar-refractivity contribution in [1.29, 1.82) is 0 Å². The molecule has 0 aliphatic carbocycles. The molecule has 1 atom stereocenters. The number of hydrogen-bond acceptors (Lipinski definition) is 2. The molecule has 0 saturated heterocycles. The molecule has 0 aromatic heterocycles. The quantitative estimate of drug-likeness (QED) is 0.664. The lowest BCUT2D eigenvalue weighted by Gasteiger charge is -2.20.